The summed E-state index contributed by atoms with van der Waals surface area (Å²) in [6.07, 6.45) is 1.42. The van der Waals surface area contributed by atoms with Gasteiger partial charge in [-0.3, -0.25) is 9.59 Å². The van der Waals surface area contributed by atoms with Crippen LogP contribution < -0.4 is 0 Å². The normalized spacial score (nSPS) is 28.1. The number of fused-ring (bicyclic) bond motifs is 2. The van der Waals surface area contributed by atoms with Crippen LogP contribution >= 0.6 is 0 Å². The maximum Gasteiger partial charge on any atom is 0.255 e. The fraction of sp³-hybridized carbons (Fsp3) is 0.440. The monoisotopic (exact) mass is 420 g/mol. The Labute approximate surface area is 182 Å². The van der Waals surface area contributed by atoms with E-state index in [1.807, 2.05) is 70.5 Å². The molecule has 31 heavy (non-hydrogen) atoms. The molecule has 6 heteroatoms. The molecule has 3 heterocycles. The number of benzene rings is 2. The standard InChI is InChI=1S/C25H28N2O4/c28-23(26-14-8-3-9-15-26)21-22-24(29)27(17-19-12-6-2-7-13-19)20(25(30-21)31-22)16-18-10-4-1-5-11-18/h1-2,4-7,10-13,20-22,25H,3,8-9,14-17H2/t20-,21-,22+,25+/m1/s1. The Balaban J connectivity index is 1.41. The van der Waals surface area contributed by atoms with Gasteiger partial charge in [0.2, 0.25) is 0 Å². The van der Waals surface area contributed by atoms with E-state index >= 15 is 0 Å². The van der Waals surface area contributed by atoms with Crippen LogP contribution in [-0.2, 0) is 32.0 Å². The van der Waals surface area contributed by atoms with Gasteiger partial charge < -0.3 is 19.3 Å². The number of hydrogen-bond donors (Lipinski definition) is 0. The van der Waals surface area contributed by atoms with Crippen molar-refractivity contribution in [2.24, 2.45) is 0 Å². The highest BCUT2D eigenvalue weighted by atomic mass is 16.7. The molecule has 0 aliphatic carbocycles. The number of carbonyl (C=O) groups excluding carboxylic acids is 2. The Morgan fingerprint density at radius 3 is 2.19 bits per heavy atom. The smallest absolute Gasteiger partial charge is 0.255 e. The maximum absolute atomic E-state index is 13.5. The highest BCUT2D eigenvalue weighted by Crippen LogP contribution is 2.35. The summed E-state index contributed by atoms with van der Waals surface area (Å²) in [5.41, 5.74) is 2.16. The van der Waals surface area contributed by atoms with Crippen molar-refractivity contribution in [3.8, 4) is 0 Å². The molecule has 3 fully saturated rings. The number of morpholine rings is 1. The molecule has 3 aliphatic rings. The first-order valence-corrected chi connectivity index (χ1v) is 11.2. The fourth-order valence-electron chi connectivity index (χ4n) is 4.83. The largest absolute Gasteiger partial charge is 0.340 e. The number of carbonyl (C=O) groups is 2. The molecule has 4 atom stereocenters. The lowest BCUT2D eigenvalue weighted by Gasteiger charge is -2.38. The zero-order valence-corrected chi connectivity index (χ0v) is 17.6. The van der Waals surface area contributed by atoms with E-state index in [2.05, 4.69) is 0 Å². The van der Waals surface area contributed by atoms with Crippen molar-refractivity contribution in [2.75, 3.05) is 13.1 Å². The Kier molecular flexibility index (Phi) is 5.74. The molecule has 0 saturated carbocycles. The van der Waals surface area contributed by atoms with Crippen molar-refractivity contribution in [2.45, 2.75) is 56.8 Å². The topological polar surface area (TPSA) is 59.1 Å². The number of amides is 2. The summed E-state index contributed by atoms with van der Waals surface area (Å²) in [5, 5.41) is 0. The van der Waals surface area contributed by atoms with Crippen molar-refractivity contribution >= 4 is 11.8 Å². The van der Waals surface area contributed by atoms with Crippen molar-refractivity contribution in [1.29, 1.82) is 0 Å². The third-order valence-corrected chi connectivity index (χ3v) is 6.47. The summed E-state index contributed by atoms with van der Waals surface area (Å²) in [5.74, 6) is -0.269. The molecule has 2 amide bonds. The van der Waals surface area contributed by atoms with E-state index < -0.39 is 18.5 Å². The quantitative estimate of drug-likeness (QED) is 0.746. The summed E-state index contributed by atoms with van der Waals surface area (Å²) in [7, 11) is 0. The molecule has 162 valence electrons. The van der Waals surface area contributed by atoms with Gasteiger partial charge in [-0.25, -0.2) is 0 Å². The third kappa shape index (κ3) is 4.10. The van der Waals surface area contributed by atoms with Crippen LogP contribution in [0, 0.1) is 0 Å². The van der Waals surface area contributed by atoms with E-state index in [1.54, 1.807) is 0 Å². The molecule has 3 aliphatic heterocycles. The van der Waals surface area contributed by atoms with Gasteiger partial charge in [0.25, 0.3) is 11.8 Å². The van der Waals surface area contributed by atoms with Crippen LogP contribution in [0.15, 0.2) is 60.7 Å². The van der Waals surface area contributed by atoms with Crippen LogP contribution in [0.25, 0.3) is 0 Å². The minimum absolute atomic E-state index is 0.111. The van der Waals surface area contributed by atoms with Gasteiger partial charge in [0.15, 0.2) is 18.5 Å². The van der Waals surface area contributed by atoms with E-state index in [0.29, 0.717) is 13.0 Å². The highest BCUT2D eigenvalue weighted by molar-refractivity contribution is 5.92. The molecule has 2 aromatic carbocycles. The van der Waals surface area contributed by atoms with Gasteiger partial charge in [-0.2, -0.15) is 0 Å². The molecule has 0 unspecified atom stereocenters. The molecule has 2 bridgehead atoms. The fourth-order valence-corrected chi connectivity index (χ4v) is 4.83. The Hall–Kier alpha value is -2.70. The van der Waals surface area contributed by atoms with Crippen molar-refractivity contribution < 1.29 is 19.1 Å². The average molecular weight is 421 g/mol. The summed E-state index contributed by atoms with van der Waals surface area (Å²) in [4.78, 5) is 30.4. The molecule has 0 radical (unpaired) electrons. The van der Waals surface area contributed by atoms with E-state index in [1.165, 1.54) is 0 Å². The SMILES string of the molecule is O=C([C@@H]1O[C@H]2O[C@@H]1C(=O)N(Cc1ccccc1)[C@@H]2Cc1ccccc1)N1CCCCC1. The molecule has 3 saturated heterocycles. The predicted molar refractivity (Wildman–Crippen MR) is 115 cm³/mol. The van der Waals surface area contributed by atoms with Crippen molar-refractivity contribution in [3.63, 3.8) is 0 Å². The van der Waals surface area contributed by atoms with Gasteiger partial charge in [0, 0.05) is 19.6 Å². The van der Waals surface area contributed by atoms with Gasteiger partial charge in [-0.1, -0.05) is 60.7 Å². The maximum atomic E-state index is 13.5. The number of piperidine rings is 1. The average Bonchev–Trinajstić information content (AvgIpc) is 3.23. The first-order valence-electron chi connectivity index (χ1n) is 11.2. The second kappa shape index (κ2) is 8.81. The summed E-state index contributed by atoms with van der Waals surface area (Å²) >= 11 is 0. The predicted octanol–water partition coefficient (Wildman–Crippen LogP) is 2.76. The first kappa shape index (κ1) is 20.2. The van der Waals surface area contributed by atoms with Crippen LogP contribution in [0.5, 0.6) is 0 Å². The Morgan fingerprint density at radius 1 is 0.871 bits per heavy atom. The van der Waals surface area contributed by atoms with Gasteiger partial charge in [0.05, 0.1) is 6.04 Å². The van der Waals surface area contributed by atoms with Gasteiger partial charge >= 0.3 is 0 Å². The number of nitrogens with zero attached hydrogens (tertiary/aromatic N) is 2. The zero-order chi connectivity index (χ0) is 21.2. The molecular formula is C25H28N2O4. The number of rotatable bonds is 5. The number of hydrogen-bond acceptors (Lipinski definition) is 4. The van der Waals surface area contributed by atoms with Crippen LogP contribution in [0.1, 0.15) is 30.4 Å². The minimum Gasteiger partial charge on any atom is -0.340 e. The molecule has 5 rings (SSSR count). The van der Waals surface area contributed by atoms with Crippen molar-refractivity contribution in [1.82, 2.24) is 9.80 Å². The van der Waals surface area contributed by atoms with Crippen LogP contribution in [-0.4, -0.2) is 59.2 Å². The molecule has 6 nitrogen and oxygen atoms in total. The molecule has 0 spiro atoms. The van der Waals surface area contributed by atoms with Crippen LogP contribution in [0.2, 0.25) is 0 Å². The lowest BCUT2D eigenvalue weighted by Crippen LogP contribution is -2.57. The lowest BCUT2D eigenvalue weighted by atomic mass is 10.0. The number of likely N-dealkylation sites (tertiary alicyclic amines) is 1. The van der Waals surface area contributed by atoms with E-state index in [0.717, 1.165) is 43.5 Å². The molecule has 2 aromatic rings. The van der Waals surface area contributed by atoms with Crippen LogP contribution in [0.3, 0.4) is 0 Å². The van der Waals surface area contributed by atoms with Gasteiger partial charge in [-0.15, -0.1) is 0 Å². The Morgan fingerprint density at radius 2 is 1.52 bits per heavy atom. The minimum atomic E-state index is -0.866. The lowest BCUT2D eigenvalue weighted by molar-refractivity contribution is -0.177. The van der Waals surface area contributed by atoms with Crippen molar-refractivity contribution in [3.05, 3.63) is 71.8 Å². The zero-order valence-electron chi connectivity index (χ0n) is 17.6. The van der Waals surface area contributed by atoms with Gasteiger partial charge in [-0.05, 0) is 36.8 Å². The van der Waals surface area contributed by atoms with Gasteiger partial charge in [0.1, 0.15) is 0 Å². The van der Waals surface area contributed by atoms with E-state index in [4.69, 9.17) is 9.47 Å². The van der Waals surface area contributed by atoms with Crippen LogP contribution in [0.4, 0.5) is 0 Å². The molecule has 0 N–H and O–H groups in total. The molecular weight excluding hydrogens is 392 g/mol. The summed E-state index contributed by atoms with van der Waals surface area (Å²) in [6.45, 7) is 1.93. The second-order valence-corrected chi connectivity index (χ2v) is 8.58. The van der Waals surface area contributed by atoms with E-state index in [-0.39, 0.29) is 17.9 Å². The first-order chi connectivity index (χ1) is 15.2. The third-order valence-electron chi connectivity index (χ3n) is 6.47. The van der Waals surface area contributed by atoms with E-state index in [9.17, 15) is 9.59 Å². The second-order valence-electron chi connectivity index (χ2n) is 8.58. The Bertz CT molecular complexity index is 914. The summed E-state index contributed by atoms with van der Waals surface area (Å²) < 4.78 is 12.2. The molecule has 0 aromatic heterocycles. The highest BCUT2D eigenvalue weighted by Gasteiger charge is 2.56. The summed E-state index contributed by atoms with van der Waals surface area (Å²) in [6, 6.07) is 19.7. The number of ether oxygens (including phenoxy) is 2.